The number of amides is 1. The van der Waals surface area contributed by atoms with Gasteiger partial charge in [0.25, 0.3) is 5.91 Å². The van der Waals surface area contributed by atoms with Crippen LogP contribution in [0.15, 0.2) is 48.5 Å². The molecule has 0 aliphatic rings. The summed E-state index contributed by atoms with van der Waals surface area (Å²) in [4.78, 5) is 12.1. The Labute approximate surface area is 122 Å². The number of hydrogen-bond donors (Lipinski definition) is 1. The van der Waals surface area contributed by atoms with Gasteiger partial charge < -0.3 is 4.74 Å². The van der Waals surface area contributed by atoms with Crippen molar-refractivity contribution in [2.24, 2.45) is 5.84 Å². The number of nitrogens with zero attached hydrogens (tertiary/aromatic N) is 1. The Bertz CT molecular complexity index is 573. The van der Waals surface area contributed by atoms with E-state index in [1.165, 1.54) is 24.3 Å². The molecule has 20 heavy (non-hydrogen) atoms. The Morgan fingerprint density at radius 3 is 2.15 bits per heavy atom. The van der Waals surface area contributed by atoms with Crippen LogP contribution in [0.25, 0.3) is 0 Å². The average molecular weight is 297 g/mol. The third-order valence-electron chi connectivity index (χ3n) is 2.66. The molecule has 1 amide bonds. The van der Waals surface area contributed by atoms with Crippen molar-refractivity contribution >= 4 is 24.0 Å². The second-order valence-corrected chi connectivity index (χ2v) is 3.88. The standard InChI is InChI=1S/C14H13FN2O2.ClH/c1-19-13-8-6-12(7-9-13)17(16)14(18)10-2-4-11(15)5-3-10;/h2-9H,16H2,1H3;1H. The predicted octanol–water partition coefficient (Wildman–Crippen LogP) is 2.78. The molecule has 0 aliphatic carbocycles. The van der Waals surface area contributed by atoms with Gasteiger partial charge in [0.05, 0.1) is 12.8 Å². The molecule has 0 saturated heterocycles. The Balaban J connectivity index is 0.00000200. The third kappa shape index (κ3) is 3.46. The molecule has 2 aromatic rings. The molecule has 6 heteroatoms. The van der Waals surface area contributed by atoms with Gasteiger partial charge in [0.1, 0.15) is 11.6 Å². The molecule has 0 bridgehead atoms. The Morgan fingerprint density at radius 1 is 1.10 bits per heavy atom. The zero-order chi connectivity index (χ0) is 13.8. The van der Waals surface area contributed by atoms with Gasteiger partial charge in [-0.3, -0.25) is 4.79 Å². The Hall–Kier alpha value is -2.11. The number of benzene rings is 2. The highest BCUT2D eigenvalue weighted by atomic mass is 35.5. The van der Waals surface area contributed by atoms with Crippen LogP contribution in [0.5, 0.6) is 5.75 Å². The van der Waals surface area contributed by atoms with Gasteiger partial charge >= 0.3 is 0 Å². The van der Waals surface area contributed by atoms with Crippen molar-refractivity contribution in [2.75, 3.05) is 12.1 Å². The number of anilines is 1. The summed E-state index contributed by atoms with van der Waals surface area (Å²) in [6, 6.07) is 12.0. The first kappa shape index (κ1) is 15.9. The van der Waals surface area contributed by atoms with E-state index in [-0.39, 0.29) is 12.4 Å². The molecule has 0 saturated carbocycles. The number of methoxy groups -OCH3 is 1. The summed E-state index contributed by atoms with van der Waals surface area (Å²) in [5.41, 5.74) is 0.842. The minimum atomic E-state index is -0.412. The monoisotopic (exact) mass is 296 g/mol. The highest BCUT2D eigenvalue weighted by Gasteiger charge is 2.14. The van der Waals surface area contributed by atoms with Gasteiger partial charge in [0.2, 0.25) is 0 Å². The minimum Gasteiger partial charge on any atom is -0.497 e. The summed E-state index contributed by atoms with van der Waals surface area (Å²) in [5.74, 6) is 5.61. The lowest BCUT2D eigenvalue weighted by atomic mass is 10.2. The molecule has 0 fully saturated rings. The zero-order valence-corrected chi connectivity index (χ0v) is 11.6. The van der Waals surface area contributed by atoms with Crippen molar-refractivity contribution in [3.05, 3.63) is 59.9 Å². The van der Waals surface area contributed by atoms with Gasteiger partial charge in [0.15, 0.2) is 0 Å². The van der Waals surface area contributed by atoms with Crippen molar-refractivity contribution in [2.45, 2.75) is 0 Å². The molecular weight excluding hydrogens is 283 g/mol. The summed E-state index contributed by atoms with van der Waals surface area (Å²) in [6.45, 7) is 0. The van der Waals surface area contributed by atoms with E-state index in [1.807, 2.05) is 0 Å². The van der Waals surface area contributed by atoms with Gasteiger partial charge in [-0.05, 0) is 48.5 Å². The van der Waals surface area contributed by atoms with Crippen molar-refractivity contribution in [3.63, 3.8) is 0 Å². The first-order valence-corrected chi connectivity index (χ1v) is 5.60. The second-order valence-electron chi connectivity index (χ2n) is 3.88. The van der Waals surface area contributed by atoms with Crippen molar-refractivity contribution in [3.8, 4) is 5.75 Å². The molecule has 0 aromatic heterocycles. The molecule has 0 radical (unpaired) electrons. The largest absolute Gasteiger partial charge is 0.497 e. The summed E-state index contributed by atoms with van der Waals surface area (Å²) < 4.78 is 17.8. The maximum atomic E-state index is 12.8. The van der Waals surface area contributed by atoms with Crippen LogP contribution in [0.4, 0.5) is 10.1 Å². The number of halogens is 2. The van der Waals surface area contributed by atoms with Crippen LogP contribution in [-0.4, -0.2) is 13.0 Å². The van der Waals surface area contributed by atoms with Crippen LogP contribution in [0, 0.1) is 5.82 Å². The number of carbonyl (C=O) groups excluding carboxylic acids is 1. The third-order valence-corrected chi connectivity index (χ3v) is 2.66. The molecular formula is C14H14ClFN2O2. The quantitative estimate of drug-likeness (QED) is 0.538. The van der Waals surface area contributed by atoms with E-state index in [2.05, 4.69) is 0 Å². The van der Waals surface area contributed by atoms with E-state index >= 15 is 0 Å². The summed E-state index contributed by atoms with van der Waals surface area (Å²) in [7, 11) is 1.55. The fraction of sp³-hybridized carbons (Fsp3) is 0.0714. The lowest BCUT2D eigenvalue weighted by molar-refractivity contribution is 0.0987. The number of nitrogens with two attached hydrogens (primary N) is 1. The smallest absolute Gasteiger partial charge is 0.272 e. The summed E-state index contributed by atoms with van der Waals surface area (Å²) >= 11 is 0. The number of hydrazine groups is 1. The summed E-state index contributed by atoms with van der Waals surface area (Å²) in [6.07, 6.45) is 0. The first-order valence-electron chi connectivity index (χ1n) is 5.60. The van der Waals surface area contributed by atoms with Crippen molar-refractivity contribution in [1.82, 2.24) is 0 Å². The highest BCUT2D eigenvalue weighted by Crippen LogP contribution is 2.18. The maximum Gasteiger partial charge on any atom is 0.272 e. The summed E-state index contributed by atoms with van der Waals surface area (Å²) in [5, 5.41) is 1.01. The van der Waals surface area contributed by atoms with Crippen LogP contribution in [0.1, 0.15) is 10.4 Å². The Morgan fingerprint density at radius 2 is 1.65 bits per heavy atom. The van der Waals surface area contributed by atoms with Gasteiger partial charge in [-0.1, -0.05) is 0 Å². The normalized spacial score (nSPS) is 9.55. The number of ether oxygens (including phenoxy) is 1. The van der Waals surface area contributed by atoms with Crippen LogP contribution < -0.4 is 15.6 Å². The molecule has 0 aliphatic heterocycles. The van der Waals surface area contributed by atoms with E-state index in [1.54, 1.807) is 31.4 Å². The number of carbonyl (C=O) groups is 1. The SMILES string of the molecule is COc1ccc(N(N)C(=O)c2ccc(F)cc2)cc1.Cl. The fourth-order valence-electron chi connectivity index (χ4n) is 1.59. The van der Waals surface area contributed by atoms with Crippen molar-refractivity contribution < 1.29 is 13.9 Å². The zero-order valence-electron chi connectivity index (χ0n) is 10.7. The molecule has 0 spiro atoms. The average Bonchev–Trinajstić information content (AvgIpc) is 2.46. The van der Waals surface area contributed by atoms with E-state index in [0.29, 0.717) is 17.0 Å². The van der Waals surface area contributed by atoms with E-state index < -0.39 is 11.7 Å². The number of hydrogen-bond acceptors (Lipinski definition) is 3. The Kier molecular flexibility index (Phi) is 5.49. The molecule has 0 unspecified atom stereocenters. The predicted molar refractivity (Wildman–Crippen MR) is 77.6 cm³/mol. The van der Waals surface area contributed by atoms with Gasteiger partial charge in [-0.15, -0.1) is 12.4 Å². The van der Waals surface area contributed by atoms with E-state index in [9.17, 15) is 9.18 Å². The van der Waals surface area contributed by atoms with Gasteiger partial charge in [-0.2, -0.15) is 0 Å². The molecule has 2 rings (SSSR count). The minimum absolute atomic E-state index is 0. The van der Waals surface area contributed by atoms with Crippen LogP contribution in [0.3, 0.4) is 0 Å². The molecule has 106 valence electrons. The topological polar surface area (TPSA) is 55.6 Å². The second kappa shape index (κ2) is 6.88. The lowest BCUT2D eigenvalue weighted by Crippen LogP contribution is -2.37. The lowest BCUT2D eigenvalue weighted by Gasteiger charge is -2.17. The van der Waals surface area contributed by atoms with Gasteiger partial charge in [0, 0.05) is 5.56 Å². The number of rotatable bonds is 3. The highest BCUT2D eigenvalue weighted by molar-refractivity contribution is 6.05. The molecule has 2 N–H and O–H groups in total. The van der Waals surface area contributed by atoms with Crippen LogP contribution in [0.2, 0.25) is 0 Å². The van der Waals surface area contributed by atoms with E-state index in [4.69, 9.17) is 10.6 Å². The maximum absolute atomic E-state index is 12.8. The molecule has 0 atom stereocenters. The first-order chi connectivity index (χ1) is 9.11. The van der Waals surface area contributed by atoms with Gasteiger partial charge in [-0.25, -0.2) is 15.2 Å². The molecule has 4 nitrogen and oxygen atoms in total. The molecule has 2 aromatic carbocycles. The van der Waals surface area contributed by atoms with Crippen LogP contribution >= 0.6 is 12.4 Å². The fourth-order valence-corrected chi connectivity index (χ4v) is 1.59. The molecule has 0 heterocycles. The van der Waals surface area contributed by atoms with Crippen LogP contribution in [-0.2, 0) is 0 Å². The van der Waals surface area contributed by atoms with Crippen molar-refractivity contribution in [1.29, 1.82) is 0 Å². The van der Waals surface area contributed by atoms with E-state index in [0.717, 1.165) is 5.01 Å².